The summed E-state index contributed by atoms with van der Waals surface area (Å²) in [5.41, 5.74) is 0.289. The number of methoxy groups -OCH3 is 1. The van der Waals surface area contributed by atoms with Crippen molar-refractivity contribution in [1.29, 1.82) is 0 Å². The molecule has 3 N–H and O–H groups in total. The summed E-state index contributed by atoms with van der Waals surface area (Å²) >= 11 is 0. The van der Waals surface area contributed by atoms with Crippen LogP contribution in [0.3, 0.4) is 0 Å². The molecule has 0 saturated heterocycles. The minimum absolute atomic E-state index is 0.0607. The second kappa shape index (κ2) is 5.90. The monoisotopic (exact) mass is 298 g/mol. The van der Waals surface area contributed by atoms with Gasteiger partial charge in [0.15, 0.2) is 0 Å². The molecule has 0 spiro atoms. The molecule has 20 heavy (non-hydrogen) atoms. The molecule has 1 aliphatic carbocycles. The summed E-state index contributed by atoms with van der Waals surface area (Å²) in [5, 5.41) is 7.93. The fourth-order valence-electron chi connectivity index (χ4n) is 2.37. The first-order chi connectivity index (χ1) is 9.40. The van der Waals surface area contributed by atoms with Crippen molar-refractivity contribution in [2.75, 3.05) is 7.11 Å². The normalized spacial score (nSPS) is 22.7. The van der Waals surface area contributed by atoms with Crippen molar-refractivity contribution in [1.82, 2.24) is 5.32 Å². The maximum absolute atomic E-state index is 12.1. The van der Waals surface area contributed by atoms with Crippen LogP contribution in [0.4, 0.5) is 0 Å². The molecule has 0 aliphatic heterocycles. The van der Waals surface area contributed by atoms with Gasteiger partial charge < -0.3 is 10.1 Å². The van der Waals surface area contributed by atoms with Gasteiger partial charge in [-0.05, 0) is 37.5 Å². The molecule has 1 saturated carbocycles. The number of ether oxygens (including phenoxy) is 1. The molecule has 1 aliphatic rings. The van der Waals surface area contributed by atoms with Crippen LogP contribution < -0.4 is 10.5 Å². The maximum atomic E-state index is 12.1. The lowest BCUT2D eigenvalue weighted by atomic mass is 10.2. The van der Waals surface area contributed by atoms with Gasteiger partial charge in [-0.25, -0.2) is 13.6 Å². The summed E-state index contributed by atoms with van der Waals surface area (Å²) in [6, 6.07) is 5.77. The number of amides is 1. The number of rotatable bonds is 4. The molecule has 1 fully saturated rings. The minimum Gasteiger partial charge on any atom is -0.381 e. The number of carbonyl (C=O) groups excluding carboxylic acids is 1. The van der Waals surface area contributed by atoms with Gasteiger partial charge >= 0.3 is 0 Å². The Morgan fingerprint density at radius 3 is 2.75 bits per heavy atom. The van der Waals surface area contributed by atoms with E-state index in [1.165, 1.54) is 18.2 Å². The Kier molecular flexibility index (Phi) is 4.42. The topological polar surface area (TPSA) is 98.5 Å². The smallest absolute Gasteiger partial charge is 0.251 e. The summed E-state index contributed by atoms with van der Waals surface area (Å²) in [6.07, 6.45) is 2.73. The average molecular weight is 298 g/mol. The van der Waals surface area contributed by atoms with Crippen molar-refractivity contribution in [3.63, 3.8) is 0 Å². The Hall–Kier alpha value is -1.44. The van der Waals surface area contributed by atoms with Crippen molar-refractivity contribution in [2.45, 2.75) is 36.3 Å². The van der Waals surface area contributed by atoms with Crippen LogP contribution in [0.15, 0.2) is 29.2 Å². The van der Waals surface area contributed by atoms with Gasteiger partial charge in [-0.3, -0.25) is 4.79 Å². The van der Waals surface area contributed by atoms with Crippen molar-refractivity contribution >= 4 is 15.9 Å². The van der Waals surface area contributed by atoms with Gasteiger partial charge in [0.2, 0.25) is 10.0 Å². The Bertz CT molecular complexity index is 600. The Morgan fingerprint density at radius 2 is 2.15 bits per heavy atom. The Morgan fingerprint density at radius 1 is 1.40 bits per heavy atom. The lowest BCUT2D eigenvalue weighted by Crippen LogP contribution is -2.33. The van der Waals surface area contributed by atoms with Crippen molar-refractivity contribution in [3.8, 4) is 0 Å². The SMILES string of the molecule is COC1CCC(NC(=O)c2cccc(S(N)(=O)=O)c2)C1. The van der Waals surface area contributed by atoms with Gasteiger partial charge in [0.1, 0.15) is 0 Å². The number of hydrogen-bond acceptors (Lipinski definition) is 4. The second-order valence-corrected chi connectivity index (χ2v) is 6.48. The van der Waals surface area contributed by atoms with E-state index in [9.17, 15) is 13.2 Å². The number of sulfonamides is 1. The summed E-state index contributed by atoms with van der Waals surface area (Å²) in [5.74, 6) is -0.294. The molecule has 2 rings (SSSR count). The molecule has 6 nitrogen and oxygen atoms in total. The largest absolute Gasteiger partial charge is 0.381 e. The van der Waals surface area contributed by atoms with Crippen LogP contribution in [0.2, 0.25) is 0 Å². The maximum Gasteiger partial charge on any atom is 0.251 e. The first-order valence-corrected chi connectivity index (χ1v) is 7.91. The van der Waals surface area contributed by atoms with E-state index in [0.717, 1.165) is 19.3 Å². The number of primary sulfonamides is 1. The third kappa shape index (κ3) is 3.56. The molecule has 1 amide bonds. The van der Waals surface area contributed by atoms with E-state index in [2.05, 4.69) is 5.32 Å². The molecule has 0 radical (unpaired) electrons. The fraction of sp³-hybridized carbons (Fsp3) is 0.462. The minimum atomic E-state index is -3.80. The zero-order valence-corrected chi connectivity index (χ0v) is 12.0. The molecule has 0 bridgehead atoms. The number of carbonyl (C=O) groups is 1. The zero-order chi connectivity index (χ0) is 14.8. The van der Waals surface area contributed by atoms with E-state index in [0.29, 0.717) is 0 Å². The lowest BCUT2D eigenvalue weighted by Gasteiger charge is -2.13. The highest BCUT2D eigenvalue weighted by atomic mass is 32.2. The molecule has 1 aromatic carbocycles. The van der Waals surface area contributed by atoms with Gasteiger partial charge in [-0.2, -0.15) is 0 Å². The Labute approximate surface area is 118 Å². The predicted octanol–water partition coefficient (Wildman–Crippen LogP) is 0.631. The van der Waals surface area contributed by atoms with Gasteiger partial charge in [-0.1, -0.05) is 6.07 Å². The number of nitrogens with two attached hydrogens (primary N) is 1. The first-order valence-electron chi connectivity index (χ1n) is 6.36. The molecular formula is C13H18N2O4S. The van der Waals surface area contributed by atoms with Crippen LogP contribution in [-0.2, 0) is 14.8 Å². The summed E-state index contributed by atoms with van der Waals surface area (Å²) in [4.78, 5) is 12.0. The third-order valence-corrected chi connectivity index (χ3v) is 4.39. The summed E-state index contributed by atoms with van der Waals surface area (Å²) < 4.78 is 27.8. The van der Waals surface area contributed by atoms with E-state index in [1.54, 1.807) is 13.2 Å². The van der Waals surface area contributed by atoms with E-state index in [1.807, 2.05) is 0 Å². The van der Waals surface area contributed by atoms with Gasteiger partial charge in [0.05, 0.1) is 11.0 Å². The highest BCUT2D eigenvalue weighted by Crippen LogP contribution is 2.21. The summed E-state index contributed by atoms with van der Waals surface area (Å²) in [7, 11) is -2.14. The fourth-order valence-corrected chi connectivity index (χ4v) is 2.93. The molecule has 0 heterocycles. The van der Waals surface area contributed by atoms with Crippen molar-refractivity contribution < 1.29 is 17.9 Å². The average Bonchev–Trinajstić information content (AvgIpc) is 2.85. The molecule has 2 unspecified atom stereocenters. The molecule has 110 valence electrons. The second-order valence-electron chi connectivity index (χ2n) is 4.91. The van der Waals surface area contributed by atoms with Gasteiger partial charge in [0.25, 0.3) is 5.91 Å². The van der Waals surface area contributed by atoms with Gasteiger partial charge in [0, 0.05) is 18.7 Å². The Balaban J connectivity index is 2.07. The third-order valence-electron chi connectivity index (χ3n) is 3.48. The molecular weight excluding hydrogens is 280 g/mol. The zero-order valence-electron chi connectivity index (χ0n) is 11.2. The molecule has 2 atom stereocenters. The molecule has 7 heteroatoms. The van der Waals surface area contributed by atoms with Crippen LogP contribution in [-0.4, -0.2) is 33.6 Å². The van der Waals surface area contributed by atoms with E-state index in [4.69, 9.17) is 9.88 Å². The van der Waals surface area contributed by atoms with E-state index < -0.39 is 10.0 Å². The quantitative estimate of drug-likeness (QED) is 0.851. The number of benzene rings is 1. The van der Waals surface area contributed by atoms with Crippen LogP contribution in [0.5, 0.6) is 0 Å². The number of nitrogens with one attached hydrogen (secondary N) is 1. The molecule has 1 aromatic rings. The van der Waals surface area contributed by atoms with Crippen molar-refractivity contribution in [3.05, 3.63) is 29.8 Å². The van der Waals surface area contributed by atoms with Crippen LogP contribution in [0.1, 0.15) is 29.6 Å². The van der Waals surface area contributed by atoms with Crippen LogP contribution in [0.25, 0.3) is 0 Å². The number of hydrogen-bond donors (Lipinski definition) is 2. The highest BCUT2D eigenvalue weighted by Gasteiger charge is 2.26. The summed E-state index contributed by atoms with van der Waals surface area (Å²) in [6.45, 7) is 0. The highest BCUT2D eigenvalue weighted by molar-refractivity contribution is 7.89. The standard InChI is InChI=1S/C13H18N2O4S/c1-19-11-6-5-10(8-11)15-13(16)9-3-2-4-12(7-9)20(14,17)18/h2-4,7,10-11H,5-6,8H2,1H3,(H,15,16)(H2,14,17,18). The van der Waals surface area contributed by atoms with Crippen LogP contribution >= 0.6 is 0 Å². The van der Waals surface area contributed by atoms with E-state index >= 15 is 0 Å². The first kappa shape index (κ1) is 15.0. The predicted molar refractivity (Wildman–Crippen MR) is 73.7 cm³/mol. The van der Waals surface area contributed by atoms with Crippen LogP contribution in [0, 0.1) is 0 Å². The molecule has 0 aromatic heterocycles. The van der Waals surface area contributed by atoms with Gasteiger partial charge in [-0.15, -0.1) is 0 Å². The van der Waals surface area contributed by atoms with Crippen molar-refractivity contribution in [2.24, 2.45) is 5.14 Å². The lowest BCUT2D eigenvalue weighted by molar-refractivity contribution is 0.0915. The van der Waals surface area contributed by atoms with E-state index in [-0.39, 0.29) is 28.5 Å².